The Bertz CT molecular complexity index is 875. The van der Waals surface area contributed by atoms with Crippen molar-refractivity contribution in [3.63, 3.8) is 0 Å². The van der Waals surface area contributed by atoms with Crippen LogP contribution in [-0.2, 0) is 0 Å². The molecular formula is C20H21N3O2S. The minimum absolute atomic E-state index is 0.136. The molecule has 0 spiro atoms. The van der Waals surface area contributed by atoms with E-state index >= 15 is 0 Å². The molecule has 6 heteroatoms. The summed E-state index contributed by atoms with van der Waals surface area (Å²) in [6.45, 7) is 2.61. The Morgan fingerprint density at radius 1 is 1.19 bits per heavy atom. The maximum atomic E-state index is 12.2. The molecule has 0 aliphatic heterocycles. The average Bonchev–Trinajstić information content (AvgIpc) is 3.14. The van der Waals surface area contributed by atoms with Gasteiger partial charge in [0.05, 0.1) is 24.6 Å². The van der Waals surface area contributed by atoms with Crippen LogP contribution in [0.3, 0.4) is 0 Å². The Balaban J connectivity index is 1.50. The van der Waals surface area contributed by atoms with Crippen molar-refractivity contribution in [1.82, 2.24) is 15.3 Å². The van der Waals surface area contributed by atoms with Gasteiger partial charge in [0.25, 0.3) is 5.91 Å². The summed E-state index contributed by atoms with van der Waals surface area (Å²) in [6.07, 6.45) is 1.83. The van der Waals surface area contributed by atoms with Gasteiger partial charge in [-0.15, -0.1) is 0 Å². The van der Waals surface area contributed by atoms with Gasteiger partial charge in [-0.2, -0.15) is 0 Å². The fraction of sp³-hybridized carbons (Fsp3) is 0.200. The summed E-state index contributed by atoms with van der Waals surface area (Å²) in [5.41, 5.74) is 3.87. The van der Waals surface area contributed by atoms with Crippen LogP contribution in [0.25, 0.3) is 11.3 Å². The van der Waals surface area contributed by atoms with Gasteiger partial charge < -0.3 is 15.0 Å². The number of thioether (sulfide) groups is 1. The van der Waals surface area contributed by atoms with E-state index in [9.17, 15) is 4.79 Å². The number of para-hydroxylation sites is 1. The molecule has 2 aromatic carbocycles. The number of aryl methyl sites for hydroxylation is 1. The van der Waals surface area contributed by atoms with Gasteiger partial charge in [-0.25, -0.2) is 4.98 Å². The quantitative estimate of drug-likeness (QED) is 0.491. The molecule has 0 saturated heterocycles. The number of carbonyl (C=O) groups is 1. The van der Waals surface area contributed by atoms with Crippen molar-refractivity contribution in [2.75, 3.05) is 19.4 Å². The summed E-state index contributed by atoms with van der Waals surface area (Å²) in [5.74, 6) is 1.16. The van der Waals surface area contributed by atoms with Crippen molar-refractivity contribution >= 4 is 17.7 Å². The maximum absolute atomic E-state index is 12.2. The molecule has 1 heterocycles. The first kappa shape index (κ1) is 18.1. The van der Waals surface area contributed by atoms with Gasteiger partial charge in [0, 0.05) is 12.3 Å². The zero-order valence-electron chi connectivity index (χ0n) is 14.8. The standard InChI is InChI=1S/C20H21N3O2S/c1-14-7-9-15(10-8-14)17-13-22-20(23-17)26-12-11-21-19(24)16-5-3-4-6-18(16)25-2/h3-10,13H,11-12H2,1-2H3,(H,21,24)(H,22,23). The summed E-state index contributed by atoms with van der Waals surface area (Å²) >= 11 is 1.57. The number of imidazole rings is 1. The zero-order valence-corrected chi connectivity index (χ0v) is 15.6. The van der Waals surface area contributed by atoms with Gasteiger partial charge in [0.15, 0.2) is 5.16 Å². The molecule has 0 bridgehead atoms. The SMILES string of the molecule is COc1ccccc1C(=O)NCCSc1ncc(-c2ccc(C)cc2)[nH]1. The van der Waals surface area contributed by atoms with Crippen LogP contribution in [0.1, 0.15) is 15.9 Å². The third-order valence-electron chi connectivity index (χ3n) is 3.89. The van der Waals surface area contributed by atoms with Crippen molar-refractivity contribution in [3.05, 3.63) is 65.9 Å². The van der Waals surface area contributed by atoms with Gasteiger partial charge in [-0.3, -0.25) is 4.79 Å². The molecule has 5 nitrogen and oxygen atoms in total. The van der Waals surface area contributed by atoms with Crippen LogP contribution >= 0.6 is 11.8 Å². The fourth-order valence-corrected chi connectivity index (χ4v) is 3.20. The lowest BCUT2D eigenvalue weighted by Crippen LogP contribution is -2.26. The number of nitrogens with zero attached hydrogens (tertiary/aromatic N) is 1. The second-order valence-electron chi connectivity index (χ2n) is 5.77. The highest BCUT2D eigenvalue weighted by atomic mass is 32.2. The third-order valence-corrected chi connectivity index (χ3v) is 4.78. The Kier molecular flexibility index (Phi) is 5.96. The summed E-state index contributed by atoms with van der Waals surface area (Å²) in [6, 6.07) is 15.5. The van der Waals surface area contributed by atoms with Crippen molar-refractivity contribution in [2.45, 2.75) is 12.1 Å². The van der Waals surface area contributed by atoms with Crippen molar-refractivity contribution in [1.29, 1.82) is 0 Å². The van der Waals surface area contributed by atoms with Crippen molar-refractivity contribution < 1.29 is 9.53 Å². The van der Waals surface area contributed by atoms with Crippen molar-refractivity contribution in [2.24, 2.45) is 0 Å². The Hall–Kier alpha value is -2.73. The van der Waals surface area contributed by atoms with Crippen molar-refractivity contribution in [3.8, 4) is 17.0 Å². The predicted molar refractivity (Wildman–Crippen MR) is 105 cm³/mol. The van der Waals surface area contributed by atoms with Gasteiger partial charge in [-0.05, 0) is 24.6 Å². The second kappa shape index (κ2) is 8.58. The first-order valence-corrected chi connectivity index (χ1v) is 9.32. The molecular weight excluding hydrogens is 346 g/mol. The number of H-pyrrole nitrogens is 1. The minimum atomic E-state index is -0.136. The van der Waals surface area contributed by atoms with E-state index in [2.05, 4.69) is 46.5 Å². The number of nitrogens with one attached hydrogen (secondary N) is 2. The minimum Gasteiger partial charge on any atom is -0.496 e. The first-order valence-electron chi connectivity index (χ1n) is 8.33. The van der Waals surface area contributed by atoms with E-state index in [1.54, 1.807) is 31.0 Å². The lowest BCUT2D eigenvalue weighted by atomic mass is 10.1. The summed E-state index contributed by atoms with van der Waals surface area (Å²) < 4.78 is 5.21. The van der Waals surface area contributed by atoms with Crippen LogP contribution in [0.2, 0.25) is 0 Å². The fourth-order valence-electron chi connectivity index (χ4n) is 2.50. The number of aromatic nitrogens is 2. The van der Waals surface area contributed by atoms with E-state index in [0.717, 1.165) is 22.2 Å². The molecule has 3 aromatic rings. The molecule has 0 unspecified atom stereocenters. The van der Waals surface area contributed by atoms with Gasteiger partial charge in [0.1, 0.15) is 5.75 Å². The highest BCUT2D eigenvalue weighted by molar-refractivity contribution is 7.99. The topological polar surface area (TPSA) is 67.0 Å². The van der Waals surface area contributed by atoms with E-state index in [4.69, 9.17) is 4.74 Å². The molecule has 0 fully saturated rings. The highest BCUT2D eigenvalue weighted by Gasteiger charge is 2.10. The molecule has 0 atom stereocenters. The van der Waals surface area contributed by atoms with Crippen LogP contribution in [0.5, 0.6) is 5.75 Å². The van der Waals surface area contributed by atoms with Gasteiger partial charge in [-0.1, -0.05) is 53.7 Å². The third kappa shape index (κ3) is 4.46. The highest BCUT2D eigenvalue weighted by Crippen LogP contribution is 2.22. The number of amides is 1. The molecule has 134 valence electrons. The van der Waals surface area contributed by atoms with Gasteiger partial charge >= 0.3 is 0 Å². The van der Waals surface area contributed by atoms with E-state index in [1.165, 1.54) is 5.56 Å². The number of hydrogen-bond donors (Lipinski definition) is 2. The number of ether oxygens (including phenoxy) is 1. The zero-order chi connectivity index (χ0) is 18.4. The number of methoxy groups -OCH3 is 1. The number of rotatable bonds is 7. The lowest BCUT2D eigenvalue weighted by Gasteiger charge is -2.08. The number of carbonyl (C=O) groups excluding carboxylic acids is 1. The molecule has 26 heavy (non-hydrogen) atoms. The Morgan fingerprint density at radius 3 is 2.73 bits per heavy atom. The Morgan fingerprint density at radius 2 is 1.96 bits per heavy atom. The summed E-state index contributed by atoms with van der Waals surface area (Å²) in [7, 11) is 1.56. The monoisotopic (exact) mass is 367 g/mol. The second-order valence-corrected chi connectivity index (χ2v) is 6.86. The molecule has 0 aliphatic rings. The van der Waals surface area contributed by atoms with Crippen LogP contribution in [0.15, 0.2) is 59.9 Å². The van der Waals surface area contributed by atoms with Crippen LogP contribution in [0.4, 0.5) is 0 Å². The number of hydrogen-bond acceptors (Lipinski definition) is 4. The molecule has 0 saturated carbocycles. The smallest absolute Gasteiger partial charge is 0.255 e. The predicted octanol–water partition coefficient (Wildman–Crippen LogP) is 3.92. The number of aromatic amines is 1. The molecule has 1 amide bonds. The lowest BCUT2D eigenvalue weighted by molar-refractivity contribution is 0.0953. The normalized spacial score (nSPS) is 10.5. The average molecular weight is 367 g/mol. The molecule has 1 aromatic heterocycles. The molecule has 3 rings (SSSR count). The summed E-state index contributed by atoms with van der Waals surface area (Å²) in [5, 5.41) is 3.75. The van der Waals surface area contributed by atoms with Gasteiger partial charge in [0.2, 0.25) is 0 Å². The largest absolute Gasteiger partial charge is 0.496 e. The van der Waals surface area contributed by atoms with Crippen LogP contribution in [0, 0.1) is 6.92 Å². The van der Waals surface area contributed by atoms with E-state index in [-0.39, 0.29) is 5.91 Å². The molecule has 0 radical (unpaired) electrons. The Labute approximate surface area is 157 Å². The summed E-state index contributed by atoms with van der Waals surface area (Å²) in [4.78, 5) is 19.9. The van der Waals surface area contributed by atoms with E-state index < -0.39 is 0 Å². The maximum Gasteiger partial charge on any atom is 0.255 e. The van der Waals surface area contributed by atoms with E-state index in [0.29, 0.717) is 17.9 Å². The molecule has 2 N–H and O–H groups in total. The van der Waals surface area contributed by atoms with Crippen LogP contribution < -0.4 is 10.1 Å². The van der Waals surface area contributed by atoms with E-state index in [1.807, 2.05) is 18.3 Å². The number of benzene rings is 2. The van der Waals surface area contributed by atoms with Crippen LogP contribution in [-0.4, -0.2) is 35.3 Å². The molecule has 0 aliphatic carbocycles. The first-order chi connectivity index (χ1) is 12.7.